The Morgan fingerprint density at radius 1 is 1.13 bits per heavy atom. The summed E-state index contributed by atoms with van der Waals surface area (Å²) in [6.07, 6.45) is 1.67. The Bertz CT molecular complexity index is 1350. The number of ether oxygens (including phenoxy) is 3. The van der Waals surface area contributed by atoms with Crippen molar-refractivity contribution in [3.63, 3.8) is 0 Å². The first-order valence-corrected chi connectivity index (χ1v) is 13.9. The molecule has 0 unspecified atom stereocenters. The van der Waals surface area contributed by atoms with Crippen LogP contribution in [-0.4, -0.2) is 43.8 Å². The van der Waals surface area contributed by atoms with Gasteiger partial charge in [0.15, 0.2) is 0 Å². The van der Waals surface area contributed by atoms with Crippen LogP contribution < -0.4 is 19.7 Å². The summed E-state index contributed by atoms with van der Waals surface area (Å²) in [5, 5.41) is 5.10. The molecule has 0 aliphatic carbocycles. The molecule has 2 atom stereocenters. The van der Waals surface area contributed by atoms with Crippen LogP contribution in [-0.2, 0) is 20.9 Å². The highest BCUT2D eigenvalue weighted by Crippen LogP contribution is 2.43. The first-order valence-electron chi connectivity index (χ1n) is 13.1. The van der Waals surface area contributed by atoms with E-state index in [1.54, 1.807) is 12.0 Å². The van der Waals surface area contributed by atoms with E-state index in [9.17, 15) is 9.59 Å². The number of carbonyl (C=O) groups excluding carboxylic acids is 2. The molecule has 1 fully saturated rings. The quantitative estimate of drug-likeness (QED) is 0.409. The third-order valence-electron chi connectivity index (χ3n) is 7.81. The number of anilines is 1. The summed E-state index contributed by atoms with van der Waals surface area (Å²) in [5.74, 6) is 0.713. The van der Waals surface area contributed by atoms with E-state index in [0.717, 1.165) is 20.8 Å². The zero-order valence-electron chi connectivity index (χ0n) is 22.0. The summed E-state index contributed by atoms with van der Waals surface area (Å²) in [5.41, 5.74) is 0.636. The Labute approximate surface area is 231 Å². The van der Waals surface area contributed by atoms with E-state index in [4.69, 9.17) is 14.2 Å². The highest BCUT2D eigenvalue weighted by molar-refractivity contribution is 9.10. The lowest BCUT2D eigenvalue weighted by atomic mass is 9.84. The second kappa shape index (κ2) is 10.9. The van der Waals surface area contributed by atoms with Gasteiger partial charge in [0.25, 0.3) is 5.91 Å². The Balaban J connectivity index is 1.65. The van der Waals surface area contributed by atoms with Crippen LogP contribution >= 0.6 is 15.9 Å². The maximum absolute atomic E-state index is 14.6. The maximum atomic E-state index is 14.6. The van der Waals surface area contributed by atoms with Crippen LogP contribution in [0.4, 0.5) is 5.69 Å². The predicted octanol–water partition coefficient (Wildman–Crippen LogP) is 5.62. The molecule has 3 aromatic carbocycles. The number of para-hydroxylation sites is 2. The zero-order valence-corrected chi connectivity index (χ0v) is 23.5. The van der Waals surface area contributed by atoms with Crippen LogP contribution in [0.3, 0.4) is 0 Å². The molecule has 0 bridgehead atoms. The summed E-state index contributed by atoms with van der Waals surface area (Å²) in [6.45, 7) is 5.00. The zero-order chi connectivity index (χ0) is 26.9. The van der Waals surface area contributed by atoms with Gasteiger partial charge in [-0.05, 0) is 47.5 Å². The van der Waals surface area contributed by atoms with Gasteiger partial charge in [0.1, 0.15) is 23.1 Å². The van der Waals surface area contributed by atoms with Crippen LogP contribution in [0.15, 0.2) is 59.1 Å². The summed E-state index contributed by atoms with van der Waals surface area (Å²) < 4.78 is 19.1. The molecule has 200 valence electrons. The van der Waals surface area contributed by atoms with Crippen molar-refractivity contribution in [3.8, 4) is 11.5 Å². The first-order chi connectivity index (χ1) is 18.4. The predicted molar refractivity (Wildman–Crippen MR) is 151 cm³/mol. The van der Waals surface area contributed by atoms with Crippen molar-refractivity contribution in [1.82, 2.24) is 5.32 Å². The van der Waals surface area contributed by atoms with Crippen LogP contribution in [0.25, 0.3) is 10.8 Å². The molecule has 38 heavy (non-hydrogen) atoms. The number of hydrogen-bond acceptors (Lipinski definition) is 5. The van der Waals surface area contributed by atoms with Gasteiger partial charge in [-0.25, -0.2) is 0 Å². The van der Waals surface area contributed by atoms with E-state index in [1.807, 2.05) is 68.4 Å². The molecule has 7 nitrogen and oxygen atoms in total. The van der Waals surface area contributed by atoms with Gasteiger partial charge in [-0.3, -0.25) is 9.59 Å². The van der Waals surface area contributed by atoms with Gasteiger partial charge < -0.3 is 24.4 Å². The van der Waals surface area contributed by atoms with Gasteiger partial charge in [0, 0.05) is 28.8 Å². The van der Waals surface area contributed by atoms with E-state index in [2.05, 4.69) is 21.2 Å². The number of nitrogens with zero attached hydrogens (tertiary/aromatic N) is 1. The van der Waals surface area contributed by atoms with Crippen LogP contribution in [0.1, 0.15) is 38.7 Å². The van der Waals surface area contributed by atoms with E-state index in [1.165, 1.54) is 0 Å². The lowest BCUT2D eigenvalue weighted by Gasteiger charge is -2.41. The van der Waals surface area contributed by atoms with Crippen molar-refractivity contribution in [1.29, 1.82) is 0 Å². The molecule has 2 heterocycles. The van der Waals surface area contributed by atoms with Crippen molar-refractivity contribution in [3.05, 3.63) is 64.6 Å². The van der Waals surface area contributed by atoms with Crippen molar-refractivity contribution < 1.29 is 23.8 Å². The van der Waals surface area contributed by atoms with Crippen molar-refractivity contribution >= 4 is 44.2 Å². The average Bonchev–Trinajstić information content (AvgIpc) is 3.02. The van der Waals surface area contributed by atoms with Gasteiger partial charge in [-0.2, -0.15) is 0 Å². The monoisotopic (exact) mass is 580 g/mol. The number of hydrogen-bond donors (Lipinski definition) is 1. The van der Waals surface area contributed by atoms with Gasteiger partial charge in [0.2, 0.25) is 5.91 Å². The third kappa shape index (κ3) is 4.76. The Kier molecular flexibility index (Phi) is 7.63. The minimum atomic E-state index is -0.908. The van der Waals surface area contributed by atoms with Crippen molar-refractivity contribution in [2.45, 2.75) is 51.3 Å². The number of amides is 2. The number of benzene rings is 3. The minimum Gasteiger partial charge on any atom is -0.496 e. The highest BCUT2D eigenvalue weighted by atomic mass is 79.9. The number of nitrogens with one attached hydrogen (secondary N) is 1. The Hall–Kier alpha value is -3.10. The molecule has 1 saturated heterocycles. The normalized spacial score (nSPS) is 19.4. The standard InChI is InChI=1S/C30H33BrN2O5/c1-4-19(2)28(34)32-27-29(35)33(18-22-20-8-7-9-23(31)21(20)12-13-25(22)36-3)24-10-5-6-11-26(24)38-30(27)14-16-37-17-15-30/h5-13,19,27H,4,14-18H2,1-3H3,(H,32,34)/t19-,27-/m1/s1. The summed E-state index contributed by atoms with van der Waals surface area (Å²) >= 11 is 3.66. The number of rotatable bonds is 6. The number of halogens is 1. The maximum Gasteiger partial charge on any atom is 0.254 e. The summed E-state index contributed by atoms with van der Waals surface area (Å²) in [4.78, 5) is 29.5. The molecule has 5 rings (SSSR count). The molecule has 3 aromatic rings. The van der Waals surface area contributed by atoms with E-state index < -0.39 is 11.6 Å². The van der Waals surface area contributed by atoms with Crippen molar-refractivity contribution in [2.75, 3.05) is 25.2 Å². The minimum absolute atomic E-state index is 0.155. The molecular formula is C30H33BrN2O5. The highest BCUT2D eigenvalue weighted by Gasteiger charge is 2.51. The van der Waals surface area contributed by atoms with Gasteiger partial charge in [0.05, 0.1) is 32.6 Å². The van der Waals surface area contributed by atoms with Crippen LogP contribution in [0.2, 0.25) is 0 Å². The second-order valence-electron chi connectivity index (χ2n) is 10.0. The van der Waals surface area contributed by atoms with E-state index in [0.29, 0.717) is 49.7 Å². The van der Waals surface area contributed by atoms with Gasteiger partial charge >= 0.3 is 0 Å². The Morgan fingerprint density at radius 2 is 1.89 bits per heavy atom. The average molecular weight is 582 g/mol. The van der Waals surface area contributed by atoms with Gasteiger partial charge in [-0.15, -0.1) is 0 Å². The molecule has 0 radical (unpaired) electrons. The number of methoxy groups -OCH3 is 1. The molecule has 1 N–H and O–H groups in total. The SMILES string of the molecule is CC[C@@H](C)C(=O)N[C@@H]1C(=O)N(Cc2c(OC)ccc3c(Br)cccc23)c2ccccc2OC12CCOCC2. The first kappa shape index (κ1) is 26.5. The Morgan fingerprint density at radius 3 is 2.63 bits per heavy atom. The molecule has 8 heteroatoms. The molecule has 2 aliphatic rings. The lowest BCUT2D eigenvalue weighted by Crippen LogP contribution is -2.64. The number of carbonyl (C=O) groups is 2. The fourth-order valence-corrected chi connectivity index (χ4v) is 5.85. The molecule has 2 amide bonds. The second-order valence-corrected chi connectivity index (χ2v) is 10.9. The lowest BCUT2D eigenvalue weighted by molar-refractivity contribution is -0.138. The van der Waals surface area contributed by atoms with Crippen molar-refractivity contribution in [2.24, 2.45) is 5.92 Å². The third-order valence-corrected chi connectivity index (χ3v) is 8.50. The van der Waals surface area contributed by atoms with Crippen LogP contribution in [0, 0.1) is 5.92 Å². The summed E-state index contributed by atoms with van der Waals surface area (Å²) in [6, 6.07) is 16.7. The molecule has 1 spiro atoms. The topological polar surface area (TPSA) is 77.1 Å². The molecule has 2 aliphatic heterocycles. The fourth-order valence-electron chi connectivity index (χ4n) is 5.35. The fraction of sp³-hybridized carbons (Fsp3) is 0.400. The molecule has 0 saturated carbocycles. The van der Waals surface area contributed by atoms with Crippen LogP contribution in [0.5, 0.6) is 11.5 Å². The van der Waals surface area contributed by atoms with E-state index in [-0.39, 0.29) is 24.3 Å². The largest absolute Gasteiger partial charge is 0.496 e. The number of fused-ring (bicyclic) bond motifs is 2. The molecular weight excluding hydrogens is 548 g/mol. The smallest absolute Gasteiger partial charge is 0.254 e. The summed E-state index contributed by atoms with van der Waals surface area (Å²) in [7, 11) is 1.64. The molecule has 0 aromatic heterocycles. The van der Waals surface area contributed by atoms with Gasteiger partial charge in [-0.1, -0.05) is 54.0 Å². The van der Waals surface area contributed by atoms with E-state index >= 15 is 0 Å².